The van der Waals surface area contributed by atoms with Gasteiger partial charge in [-0.1, -0.05) is 41.9 Å². The molecule has 8 nitrogen and oxygen atoms in total. The van der Waals surface area contributed by atoms with E-state index in [0.29, 0.717) is 35.4 Å². The molecule has 0 aliphatic carbocycles. The summed E-state index contributed by atoms with van der Waals surface area (Å²) in [5.41, 5.74) is 4.49. The number of nitrogens with zero attached hydrogens (tertiary/aromatic N) is 2. The third kappa shape index (κ3) is 7.84. The zero-order valence-corrected chi connectivity index (χ0v) is 23.3. The highest BCUT2D eigenvalue weighted by Crippen LogP contribution is 2.26. The van der Waals surface area contributed by atoms with Gasteiger partial charge >= 0.3 is 0 Å². The molecule has 0 aromatic heterocycles. The number of sulfonamides is 1. The summed E-state index contributed by atoms with van der Waals surface area (Å²) in [6.07, 6.45) is 1.47. The molecule has 0 atom stereocenters. The smallest absolute Gasteiger partial charge is 0.264 e. The number of hydrazone groups is 1. The van der Waals surface area contributed by atoms with E-state index < -0.39 is 22.5 Å². The predicted molar refractivity (Wildman–Crippen MR) is 157 cm³/mol. The summed E-state index contributed by atoms with van der Waals surface area (Å²) in [5, 5.41) is 4.39. The molecule has 4 aromatic carbocycles. The zero-order chi connectivity index (χ0) is 28.4. The van der Waals surface area contributed by atoms with Gasteiger partial charge in [-0.25, -0.2) is 13.8 Å². The Labute approximate surface area is 238 Å². The van der Waals surface area contributed by atoms with E-state index in [1.54, 1.807) is 48.5 Å². The number of carbonyl (C=O) groups excluding carboxylic acids is 1. The Morgan fingerprint density at radius 3 is 2.15 bits per heavy atom. The quantitative estimate of drug-likeness (QED) is 0.173. The van der Waals surface area contributed by atoms with Crippen molar-refractivity contribution in [3.8, 4) is 11.5 Å². The van der Waals surface area contributed by atoms with Crippen molar-refractivity contribution in [3.05, 3.63) is 119 Å². The minimum absolute atomic E-state index is 0.00309. The molecule has 0 radical (unpaired) electrons. The summed E-state index contributed by atoms with van der Waals surface area (Å²) in [7, 11) is -4.09. The van der Waals surface area contributed by atoms with Gasteiger partial charge in [-0.2, -0.15) is 5.10 Å². The number of halogens is 1. The SMILES string of the molecule is CCOc1ccc(N(CC(=O)N/N=C\c2ccc(OCc3ccccc3)cc2)S(=O)(=O)c2ccc(Cl)cc2)cc1. The molecule has 206 valence electrons. The number of benzene rings is 4. The average Bonchev–Trinajstić information content (AvgIpc) is 2.97. The second-order valence-electron chi connectivity index (χ2n) is 8.53. The van der Waals surface area contributed by atoms with Crippen LogP contribution in [0.5, 0.6) is 11.5 Å². The standard InChI is InChI=1S/C30H28ClN3O5S/c1-2-38-27-16-12-26(13-17-27)34(40(36,37)29-18-10-25(31)11-19-29)21-30(35)33-32-20-23-8-14-28(15-9-23)39-22-24-6-4-3-5-7-24/h3-20H,2,21-22H2,1H3,(H,33,35)/b32-20-. The molecule has 0 unspecified atom stereocenters. The van der Waals surface area contributed by atoms with Crippen molar-refractivity contribution >= 4 is 39.4 Å². The fraction of sp³-hybridized carbons (Fsp3) is 0.133. The summed E-state index contributed by atoms with van der Waals surface area (Å²) < 4.78 is 39.2. The van der Waals surface area contributed by atoms with Crippen LogP contribution in [0.2, 0.25) is 5.02 Å². The van der Waals surface area contributed by atoms with E-state index in [1.165, 1.54) is 30.5 Å². The fourth-order valence-corrected chi connectivity index (χ4v) is 5.21. The third-order valence-electron chi connectivity index (χ3n) is 5.66. The number of rotatable bonds is 12. The van der Waals surface area contributed by atoms with Crippen LogP contribution < -0.4 is 19.2 Å². The molecule has 0 fully saturated rings. The normalized spacial score (nSPS) is 11.2. The number of nitrogens with one attached hydrogen (secondary N) is 1. The fourth-order valence-electron chi connectivity index (χ4n) is 3.66. The first kappa shape index (κ1) is 28.7. The summed E-state index contributed by atoms with van der Waals surface area (Å²) in [6.45, 7) is 2.27. The molecule has 0 aliphatic rings. The maximum absolute atomic E-state index is 13.5. The number of anilines is 1. The Balaban J connectivity index is 1.42. The first-order valence-electron chi connectivity index (χ1n) is 12.4. The van der Waals surface area contributed by atoms with Crippen molar-refractivity contribution in [3.63, 3.8) is 0 Å². The molecule has 0 spiro atoms. The molecule has 40 heavy (non-hydrogen) atoms. The van der Waals surface area contributed by atoms with Crippen LogP contribution in [-0.2, 0) is 21.4 Å². The van der Waals surface area contributed by atoms with Crippen LogP contribution >= 0.6 is 11.6 Å². The number of amides is 1. The highest BCUT2D eigenvalue weighted by Gasteiger charge is 2.27. The molecule has 10 heteroatoms. The van der Waals surface area contributed by atoms with Gasteiger partial charge in [-0.3, -0.25) is 9.10 Å². The van der Waals surface area contributed by atoms with Gasteiger partial charge in [0.1, 0.15) is 24.7 Å². The maximum Gasteiger partial charge on any atom is 0.264 e. The van der Waals surface area contributed by atoms with Crippen LogP contribution in [0, 0.1) is 0 Å². The van der Waals surface area contributed by atoms with E-state index in [4.69, 9.17) is 21.1 Å². The Morgan fingerprint density at radius 2 is 1.50 bits per heavy atom. The first-order chi connectivity index (χ1) is 19.3. The van der Waals surface area contributed by atoms with Crippen molar-refractivity contribution in [1.82, 2.24) is 5.43 Å². The molecule has 4 aromatic rings. The predicted octanol–water partition coefficient (Wildman–Crippen LogP) is 5.66. The van der Waals surface area contributed by atoms with Gasteiger partial charge in [0.2, 0.25) is 0 Å². The van der Waals surface area contributed by atoms with Crippen LogP contribution in [-0.4, -0.2) is 33.7 Å². The van der Waals surface area contributed by atoms with Crippen LogP contribution in [0.1, 0.15) is 18.1 Å². The summed E-state index contributed by atoms with van der Waals surface area (Å²) in [4.78, 5) is 12.8. The monoisotopic (exact) mass is 577 g/mol. The molecule has 1 amide bonds. The highest BCUT2D eigenvalue weighted by molar-refractivity contribution is 7.92. The van der Waals surface area contributed by atoms with E-state index in [2.05, 4.69) is 10.5 Å². The number of hydrogen-bond donors (Lipinski definition) is 1. The molecule has 0 bridgehead atoms. The summed E-state index contributed by atoms with van der Waals surface area (Å²) >= 11 is 5.94. The van der Waals surface area contributed by atoms with Gasteiger partial charge in [-0.15, -0.1) is 0 Å². The van der Waals surface area contributed by atoms with Gasteiger partial charge < -0.3 is 9.47 Å². The summed E-state index contributed by atoms with van der Waals surface area (Å²) in [5.74, 6) is 0.662. The second-order valence-corrected chi connectivity index (χ2v) is 10.8. The molecular weight excluding hydrogens is 550 g/mol. The van der Waals surface area contributed by atoms with E-state index in [9.17, 15) is 13.2 Å². The Bertz CT molecular complexity index is 1530. The van der Waals surface area contributed by atoms with Crippen molar-refractivity contribution in [2.45, 2.75) is 18.4 Å². The van der Waals surface area contributed by atoms with Crippen LogP contribution in [0.25, 0.3) is 0 Å². The van der Waals surface area contributed by atoms with Crippen molar-refractivity contribution in [2.75, 3.05) is 17.5 Å². The Kier molecular flexibility index (Phi) is 9.77. The van der Waals surface area contributed by atoms with Gasteiger partial charge in [0.25, 0.3) is 15.9 Å². The van der Waals surface area contributed by atoms with E-state index >= 15 is 0 Å². The molecular formula is C30H28ClN3O5S. The van der Waals surface area contributed by atoms with Crippen molar-refractivity contribution < 1.29 is 22.7 Å². The Hall–Kier alpha value is -4.34. The van der Waals surface area contributed by atoms with Crippen molar-refractivity contribution in [2.24, 2.45) is 5.10 Å². The third-order valence-corrected chi connectivity index (χ3v) is 7.70. The lowest BCUT2D eigenvalue weighted by Gasteiger charge is -2.24. The maximum atomic E-state index is 13.5. The molecule has 0 aliphatic heterocycles. The first-order valence-corrected chi connectivity index (χ1v) is 14.3. The van der Waals surface area contributed by atoms with Gasteiger partial charge in [-0.05, 0) is 90.8 Å². The lowest BCUT2D eigenvalue weighted by Crippen LogP contribution is -2.39. The number of hydrogen-bond acceptors (Lipinski definition) is 6. The number of ether oxygens (including phenoxy) is 2. The molecule has 0 heterocycles. The van der Waals surface area contributed by atoms with Crippen molar-refractivity contribution in [1.29, 1.82) is 0 Å². The van der Waals surface area contributed by atoms with Gasteiger partial charge in [0.15, 0.2) is 0 Å². The molecule has 0 saturated heterocycles. The lowest BCUT2D eigenvalue weighted by molar-refractivity contribution is -0.119. The lowest BCUT2D eigenvalue weighted by atomic mass is 10.2. The topological polar surface area (TPSA) is 97.3 Å². The molecule has 4 rings (SSSR count). The summed E-state index contributed by atoms with van der Waals surface area (Å²) in [6, 6.07) is 29.2. The molecule has 0 saturated carbocycles. The van der Waals surface area contributed by atoms with Crippen LogP contribution in [0.4, 0.5) is 5.69 Å². The van der Waals surface area contributed by atoms with E-state index in [-0.39, 0.29) is 4.90 Å². The largest absolute Gasteiger partial charge is 0.494 e. The van der Waals surface area contributed by atoms with Gasteiger partial charge in [0.05, 0.1) is 23.4 Å². The van der Waals surface area contributed by atoms with E-state index in [0.717, 1.165) is 15.4 Å². The Morgan fingerprint density at radius 1 is 0.875 bits per heavy atom. The van der Waals surface area contributed by atoms with E-state index in [1.807, 2.05) is 37.3 Å². The number of carbonyl (C=O) groups is 1. The van der Waals surface area contributed by atoms with Crippen LogP contribution in [0.15, 0.2) is 113 Å². The van der Waals surface area contributed by atoms with Gasteiger partial charge in [0, 0.05) is 5.02 Å². The average molecular weight is 578 g/mol. The van der Waals surface area contributed by atoms with Crippen LogP contribution in [0.3, 0.4) is 0 Å². The molecule has 1 N–H and O–H groups in total. The highest BCUT2D eigenvalue weighted by atomic mass is 35.5. The zero-order valence-electron chi connectivity index (χ0n) is 21.7. The minimum atomic E-state index is -4.09. The minimum Gasteiger partial charge on any atom is -0.494 e. The second kappa shape index (κ2) is 13.6.